The van der Waals surface area contributed by atoms with Crippen LogP contribution in [0.15, 0.2) is 41.4 Å². The number of anilines is 1. The Morgan fingerprint density at radius 1 is 1.22 bits per heavy atom. The van der Waals surface area contributed by atoms with E-state index in [1.807, 2.05) is 6.92 Å². The van der Waals surface area contributed by atoms with E-state index in [2.05, 4.69) is 51.6 Å². The molecule has 7 heteroatoms. The van der Waals surface area contributed by atoms with Gasteiger partial charge in [0.25, 0.3) is 0 Å². The van der Waals surface area contributed by atoms with Crippen molar-refractivity contribution in [3.05, 3.63) is 42.0 Å². The molecule has 146 valence electrons. The van der Waals surface area contributed by atoms with Gasteiger partial charge in [0.2, 0.25) is 0 Å². The molecule has 0 aliphatic carbocycles. The highest BCUT2D eigenvalue weighted by Gasteiger charge is 2.23. The number of carbonyl (C=O) groups excluding carboxylic acids is 1. The monoisotopic (exact) mass is 371 g/mol. The van der Waals surface area contributed by atoms with E-state index in [9.17, 15) is 4.79 Å². The lowest BCUT2D eigenvalue weighted by molar-refractivity contribution is 0.0963. The summed E-state index contributed by atoms with van der Waals surface area (Å²) in [4.78, 5) is 20.2. The van der Waals surface area contributed by atoms with Crippen molar-refractivity contribution in [3.8, 4) is 0 Å². The molecule has 3 N–H and O–H groups in total. The highest BCUT2D eigenvalue weighted by Crippen LogP contribution is 2.18. The summed E-state index contributed by atoms with van der Waals surface area (Å²) in [6, 6.07) is 8.70. The van der Waals surface area contributed by atoms with Crippen LogP contribution in [0.25, 0.3) is 0 Å². The minimum atomic E-state index is -0.231. The van der Waals surface area contributed by atoms with Crippen molar-refractivity contribution in [2.75, 3.05) is 37.7 Å². The van der Waals surface area contributed by atoms with Crippen LogP contribution in [0.5, 0.6) is 0 Å². The van der Waals surface area contributed by atoms with Crippen LogP contribution in [0.4, 0.5) is 10.5 Å². The number of ether oxygens (including phenoxy) is 1. The molecule has 27 heavy (non-hydrogen) atoms. The first-order chi connectivity index (χ1) is 13.2. The molecule has 0 radical (unpaired) electrons. The van der Waals surface area contributed by atoms with Gasteiger partial charge in [-0.2, -0.15) is 0 Å². The van der Waals surface area contributed by atoms with Crippen LogP contribution in [0.1, 0.15) is 25.3 Å². The number of rotatable bonds is 5. The average Bonchev–Trinajstić information content (AvgIpc) is 3.22. The Labute approximate surface area is 160 Å². The molecule has 0 spiro atoms. The summed E-state index contributed by atoms with van der Waals surface area (Å²) < 4.78 is 5.04. The van der Waals surface area contributed by atoms with Gasteiger partial charge in [0, 0.05) is 37.9 Å². The Kier molecular flexibility index (Phi) is 6.57. The van der Waals surface area contributed by atoms with Gasteiger partial charge in [-0.1, -0.05) is 24.3 Å². The minimum absolute atomic E-state index is 0.231. The molecule has 0 bridgehead atoms. The minimum Gasteiger partial charge on any atom is -0.450 e. The molecule has 1 aromatic carbocycles. The smallest absolute Gasteiger partial charge is 0.409 e. The Balaban J connectivity index is 1.42. The quantitative estimate of drug-likeness (QED) is 0.470. The van der Waals surface area contributed by atoms with Gasteiger partial charge in [0.15, 0.2) is 5.96 Å². The van der Waals surface area contributed by atoms with E-state index in [1.54, 1.807) is 4.90 Å². The average molecular weight is 371 g/mol. The van der Waals surface area contributed by atoms with Gasteiger partial charge in [-0.25, -0.2) is 9.79 Å². The molecule has 7 nitrogen and oxygen atoms in total. The number of hydrogen-bond donors (Lipinski definition) is 2. The predicted molar refractivity (Wildman–Crippen MR) is 108 cm³/mol. The zero-order chi connectivity index (χ0) is 19.1. The molecule has 0 aromatic heterocycles. The third-order valence-electron chi connectivity index (χ3n) is 4.92. The lowest BCUT2D eigenvalue weighted by Crippen LogP contribution is -2.48. The topological polar surface area (TPSA) is 83.2 Å². The molecular formula is C20H29N5O2. The van der Waals surface area contributed by atoms with Crippen molar-refractivity contribution in [1.29, 1.82) is 0 Å². The van der Waals surface area contributed by atoms with Crippen LogP contribution in [-0.2, 0) is 11.3 Å². The maximum atomic E-state index is 11.7. The van der Waals surface area contributed by atoms with Gasteiger partial charge in [-0.15, -0.1) is 0 Å². The van der Waals surface area contributed by atoms with Crippen LogP contribution in [0.2, 0.25) is 0 Å². The molecule has 0 saturated carbocycles. The molecule has 2 aliphatic rings. The van der Waals surface area contributed by atoms with Crippen molar-refractivity contribution in [2.45, 2.75) is 32.4 Å². The number of nitrogens with one attached hydrogen (secondary N) is 1. The zero-order valence-corrected chi connectivity index (χ0v) is 15.9. The number of piperidine rings is 1. The standard InChI is InChI=1S/C20H29N5O2/c1-2-27-20(26)25-13-9-17(10-14-25)23-19(21)22-15-16-5-7-18(8-6-16)24-11-3-4-12-24/h3-8,17H,2,9-15H2,1H3,(H3,21,22,23). The lowest BCUT2D eigenvalue weighted by Gasteiger charge is -2.31. The summed E-state index contributed by atoms with van der Waals surface area (Å²) >= 11 is 0. The second-order valence-corrected chi connectivity index (χ2v) is 6.85. The molecule has 0 atom stereocenters. The molecule has 2 aliphatic heterocycles. The maximum Gasteiger partial charge on any atom is 0.409 e. The largest absolute Gasteiger partial charge is 0.450 e. The molecule has 1 fully saturated rings. The predicted octanol–water partition coefficient (Wildman–Crippen LogP) is 2.09. The highest BCUT2D eigenvalue weighted by molar-refractivity contribution is 5.78. The SMILES string of the molecule is CCOC(=O)N1CCC(NC(N)=NCc2ccc(N3CC=CC3)cc2)CC1. The number of aliphatic imine (C=N–C) groups is 1. The molecular weight excluding hydrogens is 342 g/mol. The van der Waals surface area contributed by atoms with Crippen molar-refractivity contribution < 1.29 is 9.53 Å². The van der Waals surface area contributed by atoms with Gasteiger partial charge in [0.05, 0.1) is 13.2 Å². The molecule has 0 unspecified atom stereocenters. The van der Waals surface area contributed by atoms with Crippen LogP contribution < -0.4 is 16.0 Å². The second kappa shape index (κ2) is 9.30. The Bertz CT molecular complexity index is 670. The normalized spacial score (nSPS) is 18.0. The van der Waals surface area contributed by atoms with E-state index in [4.69, 9.17) is 10.5 Å². The Morgan fingerprint density at radius 3 is 2.52 bits per heavy atom. The van der Waals surface area contributed by atoms with Crippen LogP contribution in [-0.4, -0.2) is 55.8 Å². The summed E-state index contributed by atoms with van der Waals surface area (Å²) in [5.74, 6) is 0.456. The van der Waals surface area contributed by atoms with Crippen molar-refractivity contribution in [3.63, 3.8) is 0 Å². The van der Waals surface area contributed by atoms with Gasteiger partial charge < -0.3 is 25.6 Å². The summed E-state index contributed by atoms with van der Waals surface area (Å²) in [6.07, 6.45) is 5.82. The fourth-order valence-electron chi connectivity index (χ4n) is 3.35. The molecule has 2 heterocycles. The number of nitrogens with two attached hydrogens (primary N) is 1. The van der Waals surface area contributed by atoms with Crippen LogP contribution >= 0.6 is 0 Å². The van der Waals surface area contributed by atoms with Crippen molar-refractivity contribution in [1.82, 2.24) is 10.2 Å². The molecule has 3 rings (SSSR count). The Morgan fingerprint density at radius 2 is 1.89 bits per heavy atom. The molecule has 1 amide bonds. The van der Waals surface area contributed by atoms with Gasteiger partial charge in [0.1, 0.15) is 0 Å². The third kappa shape index (κ3) is 5.39. The van der Waals surface area contributed by atoms with Crippen LogP contribution in [0.3, 0.4) is 0 Å². The number of likely N-dealkylation sites (tertiary alicyclic amines) is 1. The summed E-state index contributed by atoms with van der Waals surface area (Å²) in [7, 11) is 0. The number of amides is 1. The maximum absolute atomic E-state index is 11.7. The number of carbonyl (C=O) groups is 1. The summed E-state index contributed by atoms with van der Waals surface area (Å²) in [5, 5.41) is 3.27. The number of guanidine groups is 1. The van der Waals surface area contributed by atoms with E-state index >= 15 is 0 Å². The fourth-order valence-corrected chi connectivity index (χ4v) is 3.35. The highest BCUT2D eigenvalue weighted by atomic mass is 16.6. The zero-order valence-electron chi connectivity index (χ0n) is 15.9. The van der Waals surface area contributed by atoms with E-state index in [1.165, 1.54) is 5.69 Å². The number of hydrogen-bond acceptors (Lipinski definition) is 4. The van der Waals surface area contributed by atoms with Gasteiger partial charge >= 0.3 is 6.09 Å². The first-order valence-corrected chi connectivity index (χ1v) is 9.62. The molecule has 1 aromatic rings. The van der Waals surface area contributed by atoms with E-state index < -0.39 is 0 Å². The third-order valence-corrected chi connectivity index (χ3v) is 4.92. The van der Waals surface area contributed by atoms with E-state index in [0.29, 0.717) is 32.2 Å². The van der Waals surface area contributed by atoms with Crippen LogP contribution in [0, 0.1) is 0 Å². The van der Waals surface area contributed by atoms with Crippen molar-refractivity contribution in [2.24, 2.45) is 10.7 Å². The van der Waals surface area contributed by atoms with Crippen molar-refractivity contribution >= 4 is 17.7 Å². The molecule has 1 saturated heterocycles. The number of nitrogens with zero attached hydrogens (tertiary/aromatic N) is 3. The number of benzene rings is 1. The summed E-state index contributed by atoms with van der Waals surface area (Å²) in [6.45, 7) is 6.09. The second-order valence-electron chi connectivity index (χ2n) is 6.85. The first kappa shape index (κ1) is 19.1. The first-order valence-electron chi connectivity index (χ1n) is 9.62. The summed E-state index contributed by atoms with van der Waals surface area (Å²) in [5.41, 5.74) is 8.40. The van der Waals surface area contributed by atoms with E-state index in [0.717, 1.165) is 31.5 Å². The van der Waals surface area contributed by atoms with E-state index in [-0.39, 0.29) is 12.1 Å². The van der Waals surface area contributed by atoms with Gasteiger partial charge in [-0.3, -0.25) is 0 Å². The Hall–Kier alpha value is -2.70. The fraction of sp³-hybridized carbons (Fsp3) is 0.500. The van der Waals surface area contributed by atoms with Gasteiger partial charge in [-0.05, 0) is 37.5 Å². The lowest BCUT2D eigenvalue weighted by atomic mass is 10.1.